The van der Waals surface area contributed by atoms with Gasteiger partial charge in [0, 0.05) is 37.4 Å². The van der Waals surface area contributed by atoms with Crippen molar-refractivity contribution in [2.24, 2.45) is 0 Å². The number of amides is 1. The minimum absolute atomic E-state index is 0.129. The summed E-state index contributed by atoms with van der Waals surface area (Å²) in [6.45, 7) is 3.05. The Balaban J connectivity index is 1.30. The predicted molar refractivity (Wildman–Crippen MR) is 141 cm³/mol. The van der Waals surface area contributed by atoms with Crippen molar-refractivity contribution in [1.29, 1.82) is 0 Å². The number of para-hydroxylation sites is 1. The largest absolute Gasteiger partial charge is 0.367 e. The van der Waals surface area contributed by atoms with E-state index in [4.69, 9.17) is 0 Å². The highest BCUT2D eigenvalue weighted by Crippen LogP contribution is 2.33. The molecule has 0 spiro atoms. The fourth-order valence-electron chi connectivity index (χ4n) is 5.16. The van der Waals surface area contributed by atoms with Crippen LogP contribution in [0.25, 0.3) is 32.7 Å². The third kappa shape index (κ3) is 3.60. The second kappa shape index (κ2) is 8.68. The Morgan fingerprint density at radius 3 is 1.82 bits per heavy atom. The van der Waals surface area contributed by atoms with Crippen molar-refractivity contribution < 1.29 is 4.79 Å². The van der Waals surface area contributed by atoms with Crippen LogP contribution in [0.2, 0.25) is 0 Å². The van der Waals surface area contributed by atoms with Gasteiger partial charge >= 0.3 is 0 Å². The van der Waals surface area contributed by atoms with Crippen LogP contribution in [-0.2, 0) is 0 Å². The summed E-state index contributed by atoms with van der Waals surface area (Å²) in [7, 11) is 0. The van der Waals surface area contributed by atoms with E-state index in [2.05, 4.69) is 83.8 Å². The Morgan fingerprint density at radius 2 is 1.15 bits per heavy atom. The van der Waals surface area contributed by atoms with Crippen LogP contribution in [0.3, 0.4) is 0 Å². The van der Waals surface area contributed by atoms with Crippen LogP contribution in [-0.4, -0.2) is 37.0 Å². The number of anilines is 1. The first-order valence-corrected chi connectivity index (χ1v) is 11.9. The normalized spacial score (nSPS) is 14.0. The molecule has 1 aliphatic rings. The molecule has 0 atom stereocenters. The standard InChI is InChI=1S/C31H26N2O/c34-31(30-27-15-6-4-12-24(27)22-25-13-5-7-16-28(25)30)33-20-18-32(19-21-33)29-17-9-8-14-26(29)23-10-2-1-3-11-23/h1-17,22H,18-21H2. The van der Waals surface area contributed by atoms with E-state index in [-0.39, 0.29) is 5.91 Å². The van der Waals surface area contributed by atoms with Crippen molar-refractivity contribution in [3.63, 3.8) is 0 Å². The molecule has 0 unspecified atom stereocenters. The zero-order valence-electron chi connectivity index (χ0n) is 19.0. The first-order chi connectivity index (χ1) is 16.8. The SMILES string of the molecule is O=C(c1c2ccccc2cc2ccccc12)N1CCN(c2ccccc2-c2ccccc2)CC1. The number of hydrogen-bond acceptors (Lipinski definition) is 2. The lowest BCUT2D eigenvalue weighted by molar-refractivity contribution is 0.0750. The van der Waals surface area contributed by atoms with Crippen LogP contribution in [0.5, 0.6) is 0 Å². The van der Waals surface area contributed by atoms with Crippen molar-refractivity contribution in [1.82, 2.24) is 4.90 Å². The van der Waals surface area contributed by atoms with Gasteiger partial charge in [0.2, 0.25) is 0 Å². The van der Waals surface area contributed by atoms with Gasteiger partial charge in [-0.05, 0) is 39.2 Å². The van der Waals surface area contributed by atoms with E-state index in [0.29, 0.717) is 13.1 Å². The first kappa shape index (κ1) is 20.5. The van der Waals surface area contributed by atoms with E-state index < -0.39 is 0 Å². The molecule has 1 fully saturated rings. The molecule has 6 rings (SSSR count). The predicted octanol–water partition coefficient (Wildman–Crippen LogP) is 6.62. The van der Waals surface area contributed by atoms with E-state index in [9.17, 15) is 4.79 Å². The number of rotatable bonds is 3. The number of carbonyl (C=O) groups excluding carboxylic acids is 1. The summed E-state index contributed by atoms with van der Waals surface area (Å²) in [5, 5.41) is 4.28. The second-order valence-corrected chi connectivity index (χ2v) is 8.86. The maximum atomic E-state index is 13.9. The van der Waals surface area contributed by atoms with Crippen LogP contribution in [0.15, 0.2) is 109 Å². The Bertz CT molecular complexity index is 1430. The smallest absolute Gasteiger partial charge is 0.255 e. The number of fused-ring (bicyclic) bond motifs is 2. The third-order valence-corrected chi connectivity index (χ3v) is 6.88. The van der Waals surface area contributed by atoms with Gasteiger partial charge in [-0.25, -0.2) is 0 Å². The fourth-order valence-corrected chi connectivity index (χ4v) is 5.16. The van der Waals surface area contributed by atoms with E-state index in [1.165, 1.54) is 16.8 Å². The Kier molecular flexibility index (Phi) is 5.23. The van der Waals surface area contributed by atoms with Crippen LogP contribution in [0.4, 0.5) is 5.69 Å². The van der Waals surface area contributed by atoms with Crippen LogP contribution in [0.1, 0.15) is 10.4 Å². The third-order valence-electron chi connectivity index (χ3n) is 6.88. The molecule has 0 bridgehead atoms. The Morgan fingerprint density at radius 1 is 0.588 bits per heavy atom. The molecule has 1 aliphatic heterocycles. The number of carbonyl (C=O) groups is 1. The fraction of sp³-hybridized carbons (Fsp3) is 0.129. The van der Waals surface area contributed by atoms with Crippen LogP contribution in [0, 0.1) is 0 Å². The van der Waals surface area contributed by atoms with E-state index in [1.807, 2.05) is 35.2 Å². The summed E-state index contributed by atoms with van der Waals surface area (Å²) in [6, 6.07) is 37.7. The van der Waals surface area contributed by atoms with Gasteiger partial charge in [-0.1, -0.05) is 97.1 Å². The molecule has 166 valence electrons. The Hall–Kier alpha value is -4.11. The lowest BCUT2D eigenvalue weighted by Crippen LogP contribution is -2.49. The van der Waals surface area contributed by atoms with Gasteiger partial charge in [0.1, 0.15) is 0 Å². The number of nitrogens with zero attached hydrogens (tertiary/aromatic N) is 2. The zero-order chi connectivity index (χ0) is 22.9. The topological polar surface area (TPSA) is 23.6 Å². The van der Waals surface area contributed by atoms with Gasteiger partial charge in [0.05, 0.1) is 5.56 Å². The second-order valence-electron chi connectivity index (χ2n) is 8.86. The number of benzene rings is 5. The van der Waals surface area contributed by atoms with E-state index in [0.717, 1.165) is 40.2 Å². The molecule has 34 heavy (non-hydrogen) atoms. The summed E-state index contributed by atoms with van der Waals surface area (Å²) in [6.07, 6.45) is 0. The highest BCUT2D eigenvalue weighted by atomic mass is 16.2. The lowest BCUT2D eigenvalue weighted by atomic mass is 9.95. The summed E-state index contributed by atoms with van der Waals surface area (Å²) >= 11 is 0. The summed E-state index contributed by atoms with van der Waals surface area (Å²) in [4.78, 5) is 18.3. The van der Waals surface area contributed by atoms with Gasteiger partial charge in [0.25, 0.3) is 5.91 Å². The quantitative estimate of drug-likeness (QED) is 0.293. The monoisotopic (exact) mass is 442 g/mol. The van der Waals surface area contributed by atoms with Crippen molar-refractivity contribution in [2.45, 2.75) is 0 Å². The Labute approximate surface area is 199 Å². The number of hydrogen-bond donors (Lipinski definition) is 0. The summed E-state index contributed by atoms with van der Waals surface area (Å²) < 4.78 is 0. The first-order valence-electron chi connectivity index (χ1n) is 11.9. The van der Waals surface area contributed by atoms with Gasteiger partial charge in [0.15, 0.2) is 0 Å². The molecule has 1 saturated heterocycles. The van der Waals surface area contributed by atoms with E-state index in [1.54, 1.807) is 0 Å². The average molecular weight is 443 g/mol. The van der Waals surface area contributed by atoms with E-state index >= 15 is 0 Å². The molecule has 1 amide bonds. The highest BCUT2D eigenvalue weighted by Gasteiger charge is 2.26. The molecule has 0 saturated carbocycles. The van der Waals surface area contributed by atoms with Gasteiger partial charge < -0.3 is 9.80 Å². The van der Waals surface area contributed by atoms with Crippen molar-refractivity contribution in [2.75, 3.05) is 31.1 Å². The van der Waals surface area contributed by atoms with Gasteiger partial charge in [-0.15, -0.1) is 0 Å². The maximum absolute atomic E-state index is 13.9. The minimum Gasteiger partial charge on any atom is -0.367 e. The minimum atomic E-state index is 0.129. The van der Waals surface area contributed by atoms with Crippen molar-refractivity contribution in [3.05, 3.63) is 115 Å². The lowest BCUT2D eigenvalue weighted by Gasteiger charge is -2.37. The molecule has 5 aromatic carbocycles. The van der Waals surface area contributed by atoms with Crippen LogP contribution >= 0.6 is 0 Å². The zero-order valence-corrected chi connectivity index (χ0v) is 19.0. The molecule has 0 N–H and O–H groups in total. The molecule has 3 nitrogen and oxygen atoms in total. The summed E-state index contributed by atoms with van der Waals surface area (Å²) in [5.74, 6) is 0.129. The van der Waals surface area contributed by atoms with Gasteiger partial charge in [-0.3, -0.25) is 4.79 Å². The maximum Gasteiger partial charge on any atom is 0.255 e. The van der Waals surface area contributed by atoms with Gasteiger partial charge in [-0.2, -0.15) is 0 Å². The molecule has 0 aliphatic carbocycles. The molecule has 0 aromatic heterocycles. The molecule has 0 radical (unpaired) electrons. The molecule has 5 aromatic rings. The molecular formula is C31H26N2O. The molecule has 1 heterocycles. The summed E-state index contributed by atoms with van der Waals surface area (Å²) in [5.41, 5.74) is 4.52. The van der Waals surface area contributed by atoms with Crippen LogP contribution < -0.4 is 4.90 Å². The average Bonchev–Trinajstić information content (AvgIpc) is 2.92. The van der Waals surface area contributed by atoms with Crippen molar-refractivity contribution >= 4 is 33.1 Å². The highest BCUT2D eigenvalue weighted by molar-refractivity contribution is 6.18. The number of piperazine rings is 1. The van der Waals surface area contributed by atoms with Crippen molar-refractivity contribution in [3.8, 4) is 11.1 Å². The molecular weight excluding hydrogens is 416 g/mol. The molecule has 3 heteroatoms.